The first-order chi connectivity index (χ1) is 5.57. The number of hydrogen-bond acceptors (Lipinski definition) is 2. The average Bonchev–Trinajstić information content (AvgIpc) is 2.08. The summed E-state index contributed by atoms with van der Waals surface area (Å²) in [4.78, 5) is 10.5. The molecule has 0 aliphatic rings. The molecular formula is C9H10BrNO. The number of carbonyl (C=O) groups is 1. The fourth-order valence-corrected chi connectivity index (χ4v) is 1.43. The van der Waals surface area contributed by atoms with E-state index in [1.165, 1.54) is 0 Å². The lowest BCUT2D eigenvalue weighted by Crippen LogP contribution is -1.98. The monoisotopic (exact) mass is 227 g/mol. The Morgan fingerprint density at radius 1 is 1.50 bits per heavy atom. The van der Waals surface area contributed by atoms with Crippen LogP contribution in [-0.2, 0) is 0 Å². The third-order valence-electron chi connectivity index (χ3n) is 1.89. The summed E-state index contributed by atoms with van der Waals surface area (Å²) in [7, 11) is 0. The van der Waals surface area contributed by atoms with Gasteiger partial charge in [-0.3, -0.25) is 4.79 Å². The maximum atomic E-state index is 10.5. The number of anilines is 1. The van der Waals surface area contributed by atoms with Gasteiger partial charge in [0, 0.05) is 15.7 Å². The predicted molar refractivity (Wildman–Crippen MR) is 53.4 cm³/mol. The van der Waals surface area contributed by atoms with Crippen molar-refractivity contribution in [1.82, 2.24) is 0 Å². The van der Waals surface area contributed by atoms with Crippen LogP contribution in [0.3, 0.4) is 0 Å². The van der Waals surface area contributed by atoms with E-state index < -0.39 is 0 Å². The number of nitrogens with two attached hydrogens (primary N) is 1. The van der Waals surface area contributed by atoms with Crippen LogP contribution in [0.1, 0.15) is 21.5 Å². The zero-order chi connectivity index (χ0) is 9.30. The van der Waals surface area contributed by atoms with Crippen molar-refractivity contribution in [2.45, 2.75) is 13.8 Å². The van der Waals surface area contributed by atoms with E-state index in [-0.39, 0.29) is 0 Å². The molecular weight excluding hydrogens is 218 g/mol. The zero-order valence-corrected chi connectivity index (χ0v) is 8.60. The van der Waals surface area contributed by atoms with Gasteiger partial charge in [-0.1, -0.05) is 15.9 Å². The summed E-state index contributed by atoms with van der Waals surface area (Å²) in [6.45, 7) is 3.82. The number of rotatable bonds is 1. The summed E-state index contributed by atoms with van der Waals surface area (Å²) in [6, 6.07) is 1.78. The minimum absolute atomic E-state index is 0.558. The van der Waals surface area contributed by atoms with E-state index >= 15 is 0 Å². The lowest BCUT2D eigenvalue weighted by atomic mass is 10.1. The molecule has 0 fully saturated rings. The van der Waals surface area contributed by atoms with Crippen molar-refractivity contribution in [2.75, 3.05) is 5.73 Å². The molecule has 0 unspecified atom stereocenters. The normalized spacial score (nSPS) is 9.92. The van der Waals surface area contributed by atoms with Crippen molar-refractivity contribution in [3.63, 3.8) is 0 Å². The van der Waals surface area contributed by atoms with E-state index in [1.54, 1.807) is 6.07 Å². The van der Waals surface area contributed by atoms with E-state index in [2.05, 4.69) is 15.9 Å². The fraction of sp³-hybridized carbons (Fsp3) is 0.222. The van der Waals surface area contributed by atoms with E-state index in [0.717, 1.165) is 21.9 Å². The van der Waals surface area contributed by atoms with E-state index in [0.29, 0.717) is 11.3 Å². The summed E-state index contributed by atoms with van der Waals surface area (Å²) >= 11 is 3.40. The predicted octanol–water partition coefficient (Wildman–Crippen LogP) is 2.46. The van der Waals surface area contributed by atoms with Crippen LogP contribution >= 0.6 is 15.9 Å². The number of benzene rings is 1. The van der Waals surface area contributed by atoms with Crippen LogP contribution < -0.4 is 5.73 Å². The van der Waals surface area contributed by atoms with Crippen LogP contribution in [0.2, 0.25) is 0 Å². The maximum Gasteiger partial charge on any atom is 0.152 e. The van der Waals surface area contributed by atoms with Gasteiger partial charge >= 0.3 is 0 Å². The van der Waals surface area contributed by atoms with Gasteiger partial charge < -0.3 is 5.73 Å². The van der Waals surface area contributed by atoms with Gasteiger partial charge in [-0.05, 0) is 31.0 Å². The molecule has 12 heavy (non-hydrogen) atoms. The molecule has 0 atom stereocenters. The second-order valence-electron chi connectivity index (χ2n) is 2.75. The largest absolute Gasteiger partial charge is 0.398 e. The molecule has 3 heteroatoms. The average molecular weight is 228 g/mol. The smallest absolute Gasteiger partial charge is 0.152 e. The summed E-state index contributed by atoms with van der Waals surface area (Å²) < 4.78 is 0.977. The highest BCUT2D eigenvalue weighted by atomic mass is 79.9. The third-order valence-corrected chi connectivity index (χ3v) is 3.11. The van der Waals surface area contributed by atoms with Crippen LogP contribution in [0.15, 0.2) is 10.5 Å². The van der Waals surface area contributed by atoms with E-state index in [4.69, 9.17) is 5.73 Å². The van der Waals surface area contributed by atoms with Crippen LogP contribution in [0.25, 0.3) is 0 Å². The molecule has 1 rings (SSSR count). The van der Waals surface area contributed by atoms with Crippen molar-refractivity contribution in [2.24, 2.45) is 0 Å². The third kappa shape index (κ3) is 1.37. The quantitative estimate of drug-likeness (QED) is 0.592. The molecule has 0 bridgehead atoms. The van der Waals surface area contributed by atoms with Crippen LogP contribution in [0.4, 0.5) is 5.69 Å². The number of hydrogen-bond donors (Lipinski definition) is 1. The van der Waals surface area contributed by atoms with Gasteiger partial charge in [-0.15, -0.1) is 0 Å². The number of aryl methyl sites for hydroxylation is 1. The van der Waals surface area contributed by atoms with Crippen molar-refractivity contribution in [3.05, 3.63) is 27.2 Å². The number of nitrogen functional groups attached to an aromatic ring is 1. The number of carbonyl (C=O) groups excluding carboxylic acids is 1. The Morgan fingerprint density at radius 2 is 2.08 bits per heavy atom. The molecule has 64 valence electrons. The molecule has 0 aliphatic heterocycles. The Kier molecular flexibility index (Phi) is 2.52. The second-order valence-corrected chi connectivity index (χ2v) is 3.55. The molecule has 0 saturated heterocycles. The molecule has 0 heterocycles. The molecule has 0 radical (unpaired) electrons. The standard InChI is InChI=1S/C9H10BrNO/c1-5-3-7(4-12)9(11)6(2)8(5)10/h3-4H,11H2,1-2H3. The Bertz CT molecular complexity index is 334. The van der Waals surface area contributed by atoms with Crippen molar-refractivity contribution < 1.29 is 4.79 Å². The van der Waals surface area contributed by atoms with Gasteiger partial charge in [0.25, 0.3) is 0 Å². The Labute approximate surface area is 79.9 Å². The first kappa shape index (κ1) is 9.26. The molecule has 0 saturated carbocycles. The summed E-state index contributed by atoms with van der Waals surface area (Å²) in [5, 5.41) is 0. The Hall–Kier alpha value is -0.830. The molecule has 1 aromatic rings. The molecule has 0 amide bonds. The molecule has 0 aliphatic carbocycles. The van der Waals surface area contributed by atoms with Crippen molar-refractivity contribution in [1.29, 1.82) is 0 Å². The second kappa shape index (κ2) is 3.27. The molecule has 2 N–H and O–H groups in total. The summed E-state index contributed by atoms with van der Waals surface area (Å²) in [5.74, 6) is 0. The van der Waals surface area contributed by atoms with E-state index in [9.17, 15) is 4.79 Å². The minimum atomic E-state index is 0.558. The summed E-state index contributed by atoms with van der Waals surface area (Å²) in [6.07, 6.45) is 0.780. The van der Waals surface area contributed by atoms with Crippen molar-refractivity contribution in [3.8, 4) is 0 Å². The highest BCUT2D eigenvalue weighted by molar-refractivity contribution is 9.10. The van der Waals surface area contributed by atoms with Crippen LogP contribution in [0, 0.1) is 13.8 Å². The first-order valence-electron chi connectivity index (χ1n) is 3.58. The van der Waals surface area contributed by atoms with Gasteiger partial charge in [-0.25, -0.2) is 0 Å². The van der Waals surface area contributed by atoms with Gasteiger partial charge in [0.1, 0.15) is 0 Å². The fourth-order valence-electron chi connectivity index (χ4n) is 1.10. The highest BCUT2D eigenvalue weighted by Gasteiger charge is 2.07. The summed E-state index contributed by atoms with van der Waals surface area (Å²) in [5.41, 5.74) is 8.78. The van der Waals surface area contributed by atoms with Crippen LogP contribution in [0.5, 0.6) is 0 Å². The highest BCUT2D eigenvalue weighted by Crippen LogP contribution is 2.27. The SMILES string of the molecule is Cc1cc(C=O)c(N)c(C)c1Br. The molecule has 1 aromatic carbocycles. The topological polar surface area (TPSA) is 43.1 Å². The number of halogens is 1. The Balaban J connectivity index is 3.49. The lowest BCUT2D eigenvalue weighted by Gasteiger charge is -2.08. The van der Waals surface area contributed by atoms with Crippen LogP contribution in [-0.4, -0.2) is 6.29 Å². The van der Waals surface area contributed by atoms with Crippen molar-refractivity contribution >= 4 is 27.9 Å². The van der Waals surface area contributed by atoms with E-state index in [1.807, 2.05) is 13.8 Å². The molecule has 0 spiro atoms. The van der Waals surface area contributed by atoms with Gasteiger partial charge in [0.05, 0.1) is 0 Å². The Morgan fingerprint density at radius 3 is 2.58 bits per heavy atom. The maximum absolute atomic E-state index is 10.5. The number of aldehydes is 1. The zero-order valence-electron chi connectivity index (χ0n) is 7.02. The van der Waals surface area contributed by atoms with Gasteiger partial charge in [0.2, 0.25) is 0 Å². The molecule has 0 aromatic heterocycles. The van der Waals surface area contributed by atoms with Gasteiger partial charge in [-0.2, -0.15) is 0 Å². The lowest BCUT2D eigenvalue weighted by molar-refractivity contribution is 0.112. The first-order valence-corrected chi connectivity index (χ1v) is 4.37. The minimum Gasteiger partial charge on any atom is -0.398 e. The molecule has 2 nitrogen and oxygen atoms in total. The van der Waals surface area contributed by atoms with Gasteiger partial charge in [0.15, 0.2) is 6.29 Å².